The van der Waals surface area contributed by atoms with Crippen LogP contribution in [-0.2, 0) is 9.36 Å². The van der Waals surface area contributed by atoms with Crippen molar-refractivity contribution in [2.75, 3.05) is 0 Å². The average Bonchev–Trinajstić information content (AvgIpc) is 1.87. The topological polar surface area (TPSA) is 66.4 Å². The Labute approximate surface area is 66.8 Å². The van der Waals surface area contributed by atoms with Crippen molar-refractivity contribution in [2.24, 2.45) is 0 Å². The molecule has 0 spiro atoms. The molecule has 0 aliphatic rings. The van der Waals surface area contributed by atoms with Gasteiger partial charge in [-0.2, -0.15) is 0 Å². The highest BCUT2D eigenvalue weighted by molar-refractivity contribution is 7.43. The number of carboxylic acids is 1. The molecule has 0 heterocycles. The van der Waals surface area contributed by atoms with E-state index in [9.17, 15) is 9.36 Å². The van der Waals surface area contributed by atoms with Crippen LogP contribution < -0.4 is 5.09 Å². The average molecular weight is 179 g/mol. The smallest absolute Gasteiger partial charge is 0.320 e. The maximum absolute atomic E-state index is 11.1. The first kappa shape index (κ1) is 10.7. The second kappa shape index (κ2) is 4.52. The van der Waals surface area contributed by atoms with Crippen LogP contribution in [0, 0.1) is 0 Å². The monoisotopic (exact) mass is 179 g/mol. The molecule has 0 radical (unpaired) electrons. The van der Waals surface area contributed by atoms with E-state index >= 15 is 0 Å². The van der Waals surface area contributed by atoms with Crippen molar-refractivity contribution in [3.63, 3.8) is 0 Å². The molecule has 0 rings (SSSR count). The molecule has 0 fully saturated rings. The molecule has 0 saturated heterocycles. The SMILES string of the molecule is CC(C)[PH](=O)N[C@@H](C)C(=O)O. The standard InChI is InChI=1S/C6H14NO3P/c1-4(2)11(10)7-5(3)6(8)9/h4-5,11H,1-3H3,(H,7,10)(H,8,9)/t5-/m0/s1. The molecular formula is C6H14NO3P. The van der Waals surface area contributed by atoms with E-state index in [1.165, 1.54) is 6.92 Å². The van der Waals surface area contributed by atoms with E-state index in [4.69, 9.17) is 5.11 Å². The maximum Gasteiger partial charge on any atom is 0.320 e. The molecule has 0 aliphatic carbocycles. The van der Waals surface area contributed by atoms with Gasteiger partial charge in [0.05, 0.1) is 0 Å². The van der Waals surface area contributed by atoms with Gasteiger partial charge >= 0.3 is 5.97 Å². The van der Waals surface area contributed by atoms with E-state index in [1.54, 1.807) is 13.8 Å². The number of nitrogens with one attached hydrogen (secondary N) is 1. The fraction of sp³-hybridized carbons (Fsp3) is 0.833. The molecule has 11 heavy (non-hydrogen) atoms. The number of hydrogen-bond acceptors (Lipinski definition) is 2. The van der Waals surface area contributed by atoms with Crippen molar-refractivity contribution in [3.05, 3.63) is 0 Å². The molecule has 0 bridgehead atoms. The third-order valence-corrected chi connectivity index (χ3v) is 3.02. The van der Waals surface area contributed by atoms with Crippen LogP contribution in [-0.4, -0.2) is 22.8 Å². The van der Waals surface area contributed by atoms with E-state index < -0.39 is 20.0 Å². The zero-order chi connectivity index (χ0) is 9.02. The summed E-state index contributed by atoms with van der Waals surface area (Å²) < 4.78 is 11.1. The predicted molar refractivity (Wildman–Crippen MR) is 44.4 cm³/mol. The highest BCUT2D eigenvalue weighted by Crippen LogP contribution is 2.22. The van der Waals surface area contributed by atoms with Gasteiger partial charge in [-0.3, -0.25) is 9.88 Å². The molecule has 5 heteroatoms. The van der Waals surface area contributed by atoms with Crippen LogP contribution >= 0.6 is 7.95 Å². The third-order valence-electron chi connectivity index (χ3n) is 1.25. The summed E-state index contributed by atoms with van der Waals surface area (Å²) in [7, 11) is -1.93. The summed E-state index contributed by atoms with van der Waals surface area (Å²) in [5.74, 6) is -0.969. The van der Waals surface area contributed by atoms with Gasteiger partial charge in [-0.15, -0.1) is 0 Å². The maximum atomic E-state index is 11.1. The highest BCUT2D eigenvalue weighted by atomic mass is 31.1. The van der Waals surface area contributed by atoms with Crippen LogP contribution in [0.15, 0.2) is 0 Å². The van der Waals surface area contributed by atoms with Gasteiger partial charge in [0.15, 0.2) is 0 Å². The van der Waals surface area contributed by atoms with Crippen molar-refractivity contribution in [1.82, 2.24) is 5.09 Å². The van der Waals surface area contributed by atoms with Crippen molar-refractivity contribution in [2.45, 2.75) is 32.5 Å². The fourth-order valence-electron chi connectivity index (χ4n) is 0.442. The molecule has 2 atom stereocenters. The zero-order valence-electron chi connectivity index (χ0n) is 6.92. The van der Waals surface area contributed by atoms with Gasteiger partial charge in [0.25, 0.3) is 0 Å². The summed E-state index contributed by atoms with van der Waals surface area (Å²) in [6, 6.07) is -0.719. The zero-order valence-corrected chi connectivity index (χ0v) is 7.92. The molecule has 66 valence electrons. The molecule has 0 aromatic heterocycles. The second-order valence-corrected chi connectivity index (χ2v) is 4.90. The van der Waals surface area contributed by atoms with Crippen molar-refractivity contribution in [1.29, 1.82) is 0 Å². The van der Waals surface area contributed by atoms with E-state index in [1.807, 2.05) is 0 Å². The van der Waals surface area contributed by atoms with Crippen molar-refractivity contribution in [3.8, 4) is 0 Å². The molecule has 0 amide bonds. The van der Waals surface area contributed by atoms with Crippen molar-refractivity contribution >= 4 is 13.9 Å². The van der Waals surface area contributed by atoms with Gasteiger partial charge in [-0.05, 0) is 6.92 Å². The first-order valence-corrected chi connectivity index (χ1v) is 4.97. The van der Waals surface area contributed by atoms with Crippen LogP contribution in [0.5, 0.6) is 0 Å². The van der Waals surface area contributed by atoms with Crippen molar-refractivity contribution < 1.29 is 14.5 Å². The minimum absolute atomic E-state index is 0.0156. The summed E-state index contributed by atoms with van der Waals surface area (Å²) in [4.78, 5) is 10.3. The summed E-state index contributed by atoms with van der Waals surface area (Å²) in [6.07, 6.45) is 0. The number of hydrogen-bond donors (Lipinski definition) is 2. The van der Waals surface area contributed by atoms with E-state index in [-0.39, 0.29) is 5.66 Å². The Balaban J connectivity index is 3.85. The first-order chi connectivity index (χ1) is 4.95. The Morgan fingerprint density at radius 2 is 1.91 bits per heavy atom. The highest BCUT2D eigenvalue weighted by Gasteiger charge is 2.14. The Kier molecular flexibility index (Phi) is 4.38. The largest absolute Gasteiger partial charge is 0.480 e. The predicted octanol–water partition coefficient (Wildman–Crippen LogP) is 0.932. The van der Waals surface area contributed by atoms with E-state index in [2.05, 4.69) is 5.09 Å². The number of carbonyl (C=O) groups is 1. The molecule has 0 aromatic rings. The number of rotatable bonds is 4. The molecule has 2 N–H and O–H groups in total. The van der Waals surface area contributed by atoms with Crippen LogP contribution in [0.1, 0.15) is 20.8 Å². The summed E-state index contributed by atoms with van der Waals surface area (Å²) in [5.41, 5.74) is 0.0156. The minimum atomic E-state index is -1.93. The first-order valence-electron chi connectivity index (χ1n) is 3.48. The quantitative estimate of drug-likeness (QED) is 0.630. The summed E-state index contributed by atoms with van der Waals surface area (Å²) in [5, 5.41) is 11.0. The normalized spacial score (nSPS) is 16.4. The molecular weight excluding hydrogens is 165 g/mol. The molecule has 0 saturated carbocycles. The van der Waals surface area contributed by atoms with E-state index in [0.717, 1.165) is 0 Å². The van der Waals surface area contributed by atoms with Gasteiger partial charge < -0.3 is 9.67 Å². The second-order valence-electron chi connectivity index (χ2n) is 2.72. The lowest BCUT2D eigenvalue weighted by molar-refractivity contribution is -0.138. The Morgan fingerprint density at radius 3 is 2.18 bits per heavy atom. The Bertz CT molecular complexity index is 169. The molecule has 0 aliphatic heterocycles. The van der Waals surface area contributed by atoms with Gasteiger partial charge in [-0.1, -0.05) is 13.8 Å². The molecule has 0 aromatic carbocycles. The van der Waals surface area contributed by atoms with Crippen LogP contribution in [0.3, 0.4) is 0 Å². The third kappa shape index (κ3) is 4.17. The lowest BCUT2D eigenvalue weighted by Gasteiger charge is -2.10. The lowest BCUT2D eigenvalue weighted by atomic mass is 10.4. The summed E-state index contributed by atoms with van der Waals surface area (Å²) in [6.45, 7) is 5.07. The van der Waals surface area contributed by atoms with Crippen LogP contribution in [0.4, 0.5) is 0 Å². The van der Waals surface area contributed by atoms with Gasteiger partial charge in [0.1, 0.15) is 14.0 Å². The van der Waals surface area contributed by atoms with Crippen LogP contribution in [0.2, 0.25) is 0 Å². The Hall–Kier alpha value is -0.340. The van der Waals surface area contributed by atoms with Crippen LogP contribution in [0.25, 0.3) is 0 Å². The molecule has 1 unspecified atom stereocenters. The minimum Gasteiger partial charge on any atom is -0.480 e. The number of aliphatic carboxylic acids is 1. The van der Waals surface area contributed by atoms with Gasteiger partial charge in [0.2, 0.25) is 0 Å². The summed E-state index contributed by atoms with van der Waals surface area (Å²) >= 11 is 0. The van der Waals surface area contributed by atoms with Gasteiger partial charge in [-0.25, -0.2) is 0 Å². The fourth-order valence-corrected chi connectivity index (χ4v) is 1.33. The lowest BCUT2D eigenvalue weighted by Crippen LogP contribution is -2.29. The number of carboxylic acid groups (broad SMARTS) is 1. The Morgan fingerprint density at radius 1 is 1.45 bits per heavy atom. The van der Waals surface area contributed by atoms with E-state index in [0.29, 0.717) is 0 Å². The van der Waals surface area contributed by atoms with Gasteiger partial charge in [0, 0.05) is 5.66 Å². The molecule has 4 nitrogen and oxygen atoms in total.